The molecule has 0 fully saturated rings. The summed E-state index contributed by atoms with van der Waals surface area (Å²) in [6.45, 7) is 9.35. The van der Waals surface area contributed by atoms with Gasteiger partial charge < -0.3 is 0 Å². The highest BCUT2D eigenvalue weighted by molar-refractivity contribution is 5.57. The van der Waals surface area contributed by atoms with Crippen LogP contribution in [0.3, 0.4) is 0 Å². The molecule has 0 heterocycles. The average Bonchev–Trinajstić information content (AvgIpc) is 2.91. The van der Waals surface area contributed by atoms with Gasteiger partial charge in [-0.1, -0.05) is 160 Å². The molecule has 0 atom stereocenters. The van der Waals surface area contributed by atoms with Crippen LogP contribution in [-0.4, -0.2) is 0 Å². The van der Waals surface area contributed by atoms with Crippen molar-refractivity contribution in [3.05, 3.63) is 178 Å². The van der Waals surface area contributed by atoms with Crippen LogP contribution in [0.4, 0.5) is 0 Å². The lowest BCUT2D eigenvalue weighted by molar-refractivity contribution is 0.571. The van der Waals surface area contributed by atoms with Gasteiger partial charge in [0.05, 0.1) is 0 Å². The van der Waals surface area contributed by atoms with Crippen molar-refractivity contribution in [3.63, 3.8) is 0 Å². The maximum atomic E-state index is 2.43. The molecule has 0 unspecified atom stereocenters. The third-order valence-corrected chi connectivity index (χ3v) is 7.25. The van der Waals surface area contributed by atoms with E-state index in [1.165, 1.54) is 44.5 Å². The Morgan fingerprint density at radius 3 is 0.946 bits per heavy atom. The van der Waals surface area contributed by atoms with Crippen LogP contribution in [0.25, 0.3) is 0 Å². The van der Waals surface area contributed by atoms with Crippen molar-refractivity contribution >= 4 is 0 Å². The van der Waals surface area contributed by atoms with Gasteiger partial charge in [0.2, 0.25) is 0 Å². The maximum Gasteiger partial charge on any atom is 0.0343 e. The maximum absolute atomic E-state index is 2.43. The lowest BCUT2D eigenvalue weighted by atomic mass is 9.69. The van der Waals surface area contributed by atoms with Crippen molar-refractivity contribution in [1.82, 2.24) is 0 Å². The van der Waals surface area contributed by atoms with Gasteiger partial charge >= 0.3 is 0 Å². The summed E-state index contributed by atoms with van der Waals surface area (Å²) in [7, 11) is 0. The van der Waals surface area contributed by atoms with Crippen molar-refractivity contribution in [1.29, 1.82) is 0 Å². The molecule has 0 radical (unpaired) electrons. The molecule has 0 aliphatic heterocycles. The Morgan fingerprint density at radius 1 is 0.432 bits per heavy atom. The second kappa shape index (κ2) is 10.6. The van der Waals surface area contributed by atoms with E-state index >= 15 is 0 Å². The molecule has 0 spiro atoms. The Hall–Kier alpha value is -3.90. The van der Waals surface area contributed by atoms with Crippen molar-refractivity contribution in [3.8, 4) is 0 Å². The summed E-state index contributed by atoms with van der Waals surface area (Å²) >= 11 is 0. The first kappa shape index (κ1) is 24.8. The first-order valence-corrected chi connectivity index (χ1v) is 13.3. The Morgan fingerprint density at radius 2 is 0.703 bits per heavy atom. The number of rotatable bonds is 6. The van der Waals surface area contributed by atoms with Gasteiger partial charge in [0.1, 0.15) is 0 Å². The number of hydrogen-bond donors (Lipinski definition) is 0. The van der Waals surface area contributed by atoms with Gasteiger partial charge in [-0.3, -0.25) is 0 Å². The molecule has 0 saturated heterocycles. The number of aryl methyl sites for hydroxylation is 1. The fourth-order valence-corrected chi connectivity index (χ4v) is 5.85. The Balaban J connectivity index is 1.85. The Labute approximate surface area is 222 Å². The zero-order valence-corrected chi connectivity index (χ0v) is 22.4. The van der Waals surface area contributed by atoms with E-state index in [4.69, 9.17) is 0 Å². The van der Waals surface area contributed by atoms with Crippen LogP contribution in [0.1, 0.15) is 77.1 Å². The van der Waals surface area contributed by atoms with E-state index in [-0.39, 0.29) is 17.3 Å². The zero-order valence-electron chi connectivity index (χ0n) is 22.4. The SMILES string of the molecule is Cc1cc(C(c2ccccc2)c2ccccc2)c(C(C)(C)C)c(C(c2ccccc2)c2ccccc2)c1. The largest absolute Gasteiger partial charge is 0.0622 e. The smallest absolute Gasteiger partial charge is 0.0343 e. The van der Waals surface area contributed by atoms with Gasteiger partial charge in [0, 0.05) is 11.8 Å². The van der Waals surface area contributed by atoms with Crippen molar-refractivity contribution in [2.45, 2.75) is 44.9 Å². The van der Waals surface area contributed by atoms with Crippen LogP contribution >= 0.6 is 0 Å². The molecular weight excluding hydrogens is 444 g/mol. The highest BCUT2D eigenvalue weighted by atomic mass is 14.3. The minimum atomic E-state index is -0.0536. The Bertz CT molecular complexity index is 1240. The van der Waals surface area contributed by atoms with E-state index in [9.17, 15) is 0 Å². The summed E-state index contributed by atoms with van der Waals surface area (Å²) in [4.78, 5) is 0. The third kappa shape index (κ3) is 5.30. The van der Waals surface area contributed by atoms with E-state index in [1.807, 2.05) is 0 Å². The fraction of sp³-hybridized carbons (Fsp3) is 0.189. The van der Waals surface area contributed by atoms with Crippen LogP contribution in [0.5, 0.6) is 0 Å². The topological polar surface area (TPSA) is 0 Å². The molecule has 0 amide bonds. The molecule has 0 saturated carbocycles. The zero-order chi connectivity index (χ0) is 25.8. The summed E-state index contributed by atoms with van der Waals surface area (Å²) in [6, 6.07) is 48.8. The average molecular weight is 481 g/mol. The fourth-order valence-electron chi connectivity index (χ4n) is 5.85. The van der Waals surface area contributed by atoms with E-state index in [0.717, 1.165) is 0 Å². The molecule has 0 aliphatic rings. The van der Waals surface area contributed by atoms with Gasteiger partial charge in [0.25, 0.3) is 0 Å². The van der Waals surface area contributed by atoms with Gasteiger partial charge in [-0.05, 0) is 51.3 Å². The standard InChI is InChI=1S/C37H36/c1-27-25-32(34(28-17-9-5-10-18-28)29-19-11-6-12-20-29)36(37(2,3)4)33(26-27)35(30-21-13-7-14-22-30)31-23-15-8-16-24-31/h5-26,34-35H,1-4H3. The summed E-state index contributed by atoms with van der Waals surface area (Å²) in [5, 5.41) is 0. The van der Waals surface area contributed by atoms with Gasteiger partial charge in [-0.25, -0.2) is 0 Å². The van der Waals surface area contributed by atoms with Crippen LogP contribution < -0.4 is 0 Å². The summed E-state index contributed by atoms with van der Waals surface area (Å²) < 4.78 is 0. The van der Waals surface area contributed by atoms with Gasteiger partial charge in [-0.15, -0.1) is 0 Å². The lowest BCUT2D eigenvalue weighted by Gasteiger charge is -2.34. The molecule has 0 aromatic heterocycles. The van der Waals surface area contributed by atoms with Crippen LogP contribution in [0.2, 0.25) is 0 Å². The minimum Gasteiger partial charge on any atom is -0.0622 e. The second-order valence-electron chi connectivity index (χ2n) is 11.1. The first-order chi connectivity index (χ1) is 17.9. The van der Waals surface area contributed by atoms with Crippen molar-refractivity contribution < 1.29 is 0 Å². The van der Waals surface area contributed by atoms with Crippen molar-refractivity contribution in [2.75, 3.05) is 0 Å². The molecule has 5 aromatic rings. The first-order valence-electron chi connectivity index (χ1n) is 13.3. The molecule has 0 nitrogen and oxygen atoms in total. The van der Waals surface area contributed by atoms with Crippen LogP contribution in [0, 0.1) is 6.92 Å². The quantitative estimate of drug-likeness (QED) is 0.212. The predicted octanol–water partition coefficient (Wildman–Crippen LogP) is 9.65. The molecule has 184 valence electrons. The molecule has 0 aliphatic carbocycles. The predicted molar refractivity (Wildman–Crippen MR) is 158 cm³/mol. The molecule has 37 heavy (non-hydrogen) atoms. The third-order valence-electron chi connectivity index (χ3n) is 7.25. The van der Waals surface area contributed by atoms with Crippen molar-refractivity contribution in [2.24, 2.45) is 0 Å². The van der Waals surface area contributed by atoms with Gasteiger partial charge in [-0.2, -0.15) is 0 Å². The molecular formula is C37H36. The van der Waals surface area contributed by atoms with E-state index in [0.29, 0.717) is 0 Å². The van der Waals surface area contributed by atoms with Gasteiger partial charge in [0.15, 0.2) is 0 Å². The van der Waals surface area contributed by atoms with E-state index in [1.54, 1.807) is 0 Å². The van der Waals surface area contributed by atoms with E-state index < -0.39 is 0 Å². The summed E-state index contributed by atoms with van der Waals surface area (Å²) in [6.07, 6.45) is 0. The monoisotopic (exact) mass is 480 g/mol. The molecule has 5 rings (SSSR count). The molecule has 5 aromatic carbocycles. The van der Waals surface area contributed by atoms with Crippen LogP contribution in [-0.2, 0) is 5.41 Å². The Kier molecular flexibility index (Phi) is 7.10. The molecule has 0 N–H and O–H groups in total. The van der Waals surface area contributed by atoms with E-state index in [2.05, 4.69) is 161 Å². The minimum absolute atomic E-state index is 0.0536. The normalized spacial score (nSPS) is 11.7. The summed E-state index contributed by atoms with van der Waals surface area (Å²) in [5.41, 5.74) is 10.8. The molecule has 0 bridgehead atoms. The highest BCUT2D eigenvalue weighted by Crippen LogP contribution is 2.45. The molecule has 0 heteroatoms. The second-order valence-corrected chi connectivity index (χ2v) is 11.1. The number of hydrogen-bond acceptors (Lipinski definition) is 0. The van der Waals surface area contributed by atoms with Crippen LogP contribution in [0.15, 0.2) is 133 Å². The summed E-state index contributed by atoms with van der Waals surface area (Å²) in [5.74, 6) is 0.310. The highest BCUT2D eigenvalue weighted by Gasteiger charge is 2.31. The number of benzene rings is 5. The lowest BCUT2D eigenvalue weighted by Crippen LogP contribution is -2.22.